The lowest BCUT2D eigenvalue weighted by Crippen LogP contribution is -2.36. The fourth-order valence-electron chi connectivity index (χ4n) is 13.4. The van der Waals surface area contributed by atoms with Crippen LogP contribution in [-0.2, 0) is 27.1 Å². The third-order valence-electron chi connectivity index (χ3n) is 19.2. The molecule has 582 valence electrons. The van der Waals surface area contributed by atoms with Gasteiger partial charge < -0.3 is 49.0 Å². The molecule has 0 aliphatic carbocycles. The average Bonchev–Trinajstić information content (AvgIpc) is 0.784. The van der Waals surface area contributed by atoms with Crippen molar-refractivity contribution in [1.29, 1.82) is 0 Å². The predicted molar refractivity (Wildman–Crippen MR) is 461 cm³/mol. The fourth-order valence-corrected chi connectivity index (χ4v) is 15.2. The van der Waals surface area contributed by atoms with Gasteiger partial charge in [0.25, 0.3) is 0 Å². The van der Waals surface area contributed by atoms with Crippen LogP contribution in [0.1, 0.15) is 245 Å². The molecule has 0 unspecified atom stereocenters. The molecule has 0 spiro atoms. The second-order valence-electron chi connectivity index (χ2n) is 33.5. The summed E-state index contributed by atoms with van der Waals surface area (Å²) in [5.41, 5.74) is 9.20. The van der Waals surface area contributed by atoms with E-state index in [0.29, 0.717) is 22.6 Å². The van der Waals surface area contributed by atoms with Gasteiger partial charge in [0.05, 0.1) is 28.4 Å². The van der Waals surface area contributed by atoms with Crippen molar-refractivity contribution in [2.24, 2.45) is 0 Å². The van der Waals surface area contributed by atoms with Crippen molar-refractivity contribution in [2.45, 2.75) is 244 Å². The first-order valence-corrected chi connectivity index (χ1v) is 40.4. The topological polar surface area (TPSA) is 118 Å². The van der Waals surface area contributed by atoms with E-state index in [1.807, 2.05) is 21.1 Å². The highest BCUT2D eigenvalue weighted by Gasteiger charge is 2.34. The van der Waals surface area contributed by atoms with E-state index in [9.17, 15) is 24.0 Å². The highest BCUT2D eigenvalue weighted by Crippen LogP contribution is 2.37. The summed E-state index contributed by atoms with van der Waals surface area (Å²) in [5.74, 6) is 0. The number of hydrogen-bond acceptors (Lipinski definition) is 20. The standard InChI is InChI=1S/C18H32N2OS.C17H30N2OS.2C16H28N2OS.C15H26N2OS/c1-7-10-20(11-8-2)13-9-12-19(6)15-14(18(3,4)5)16(21)17(15)22;1-7-10-19(8-2)12-9-11-18(6)14-13(17(3,4)5)15(20)16(14)21;1-7-9-17(5)10-8-11-18(6)13-12(16(2,3)4)14(19)15(13)20;1-7-18(8-2)11-9-10-17(6)13-12(16(3,4)5)14(19)15(13)20;1-7-16(5)9-8-10-17(6)12-11(15(2,3)4)13(18)14(12)19/h7-13H2,1-6H3;7-12H2,1-6H3;2*7-11H2,1-6H3;7-10H2,1-6H3. The molecule has 0 aromatic heterocycles. The minimum Gasteiger partial charge on any atom is -0.373 e. The smallest absolute Gasteiger partial charge is 0.204 e. The van der Waals surface area contributed by atoms with Crippen LogP contribution in [0.2, 0.25) is 0 Å². The quantitative estimate of drug-likeness (QED) is 0.0351. The zero-order valence-electron chi connectivity index (χ0n) is 70.1. The van der Waals surface area contributed by atoms with E-state index in [4.69, 9.17) is 61.1 Å². The molecule has 0 atom stereocenters. The largest absolute Gasteiger partial charge is 0.373 e. The van der Waals surface area contributed by atoms with Gasteiger partial charge in [0.2, 0.25) is 27.1 Å². The molecule has 0 N–H and O–H groups in total. The van der Waals surface area contributed by atoms with Crippen molar-refractivity contribution >= 4 is 89.5 Å². The van der Waals surface area contributed by atoms with E-state index >= 15 is 0 Å². The van der Waals surface area contributed by atoms with Crippen molar-refractivity contribution in [3.8, 4) is 0 Å². The Morgan fingerprint density at radius 1 is 0.235 bits per heavy atom. The number of nitrogens with zero attached hydrogens (tertiary/aromatic N) is 10. The molecular formula is C82H144N10O5S5. The molecule has 0 bridgehead atoms. The van der Waals surface area contributed by atoms with Crippen LogP contribution in [0.3, 0.4) is 0 Å². The second-order valence-corrected chi connectivity index (χ2v) is 35.6. The SMILES string of the molecule is CCCN(C)CCCN(C)c1c(C(C)(C)C)c(=O)c1=S.CCCN(CC)CCCN(C)c1c(C(C)(C)C)c(=O)c1=S.CCCN(CCC)CCCN(C)c1c(C(C)(C)C)c(=O)c1=S.CCN(C)CCCN(C)c1c(C(C)(C)C)c(=O)c1=S.CCN(CC)CCCN(C)c1c(C(C)(C)C)c(=O)c1=S. The second kappa shape index (κ2) is 43.9. The van der Waals surface area contributed by atoms with Gasteiger partial charge in [0, 0.05) is 95.8 Å². The molecule has 0 saturated heterocycles. The van der Waals surface area contributed by atoms with Gasteiger partial charge >= 0.3 is 0 Å². The predicted octanol–water partition coefficient (Wildman–Crippen LogP) is 16.4. The summed E-state index contributed by atoms with van der Waals surface area (Å²) in [7, 11) is 14.5. The van der Waals surface area contributed by atoms with E-state index in [0.717, 1.165) is 193 Å². The first kappa shape index (κ1) is 96.3. The first-order chi connectivity index (χ1) is 47.1. The van der Waals surface area contributed by atoms with E-state index in [-0.39, 0.29) is 54.2 Å². The van der Waals surface area contributed by atoms with Gasteiger partial charge in [-0.2, -0.15) is 0 Å². The Morgan fingerprint density at radius 2 is 0.431 bits per heavy atom. The Morgan fingerprint density at radius 3 is 0.637 bits per heavy atom. The molecule has 0 amide bonds. The Hall–Kier alpha value is -3.70. The summed E-state index contributed by atoms with van der Waals surface area (Å²) in [5, 5.41) is 0. The summed E-state index contributed by atoms with van der Waals surface area (Å²) in [6.07, 6.45) is 10.3. The summed E-state index contributed by atoms with van der Waals surface area (Å²) in [6.45, 7) is 67.9. The fraction of sp³-hybridized carbons (Fsp3) is 0.756. The summed E-state index contributed by atoms with van der Waals surface area (Å²) in [4.78, 5) is 82.7. The molecule has 5 aromatic rings. The lowest BCUT2D eigenvalue weighted by atomic mass is 9.82. The average molecular weight is 1510 g/mol. The van der Waals surface area contributed by atoms with Crippen molar-refractivity contribution in [3.63, 3.8) is 0 Å². The van der Waals surface area contributed by atoms with E-state index < -0.39 is 0 Å². The number of hydrogen-bond donors (Lipinski definition) is 0. The van der Waals surface area contributed by atoms with Crippen molar-refractivity contribution in [2.75, 3.05) is 192 Å². The maximum Gasteiger partial charge on any atom is 0.204 e. The van der Waals surface area contributed by atoms with Gasteiger partial charge in [-0.1, -0.05) is 220 Å². The lowest BCUT2D eigenvalue weighted by Gasteiger charge is -2.31. The molecular weight excluding hydrogens is 1370 g/mol. The molecule has 0 radical (unpaired) electrons. The molecule has 0 heterocycles. The van der Waals surface area contributed by atoms with Crippen molar-refractivity contribution in [3.05, 3.63) is 101 Å². The third kappa shape index (κ3) is 28.1. The van der Waals surface area contributed by atoms with E-state index in [2.05, 4.69) is 236 Å². The monoisotopic (exact) mass is 1510 g/mol. The number of rotatable bonds is 37. The molecule has 102 heavy (non-hydrogen) atoms. The molecule has 0 fully saturated rings. The van der Waals surface area contributed by atoms with Gasteiger partial charge in [0.1, 0.15) is 22.6 Å². The van der Waals surface area contributed by atoms with Crippen LogP contribution >= 0.6 is 61.1 Å². The number of anilines is 5. The van der Waals surface area contributed by atoms with Crippen LogP contribution < -0.4 is 51.6 Å². The van der Waals surface area contributed by atoms with Crippen molar-refractivity contribution in [1.82, 2.24) is 24.5 Å². The van der Waals surface area contributed by atoms with Gasteiger partial charge in [0.15, 0.2) is 0 Å². The Bertz CT molecular complexity index is 3680. The molecule has 15 nitrogen and oxygen atoms in total. The highest BCUT2D eigenvalue weighted by molar-refractivity contribution is 7.72. The molecule has 5 aromatic carbocycles. The zero-order chi connectivity index (χ0) is 78.9. The normalized spacial score (nSPS) is 12.3. The molecule has 5 rings (SSSR count). The van der Waals surface area contributed by atoms with Crippen LogP contribution in [0.5, 0.6) is 0 Å². The van der Waals surface area contributed by atoms with Gasteiger partial charge in [-0.05, 0) is 184 Å². The minimum atomic E-state index is -0.126. The summed E-state index contributed by atoms with van der Waals surface area (Å²) >= 11 is 26.2. The zero-order valence-corrected chi connectivity index (χ0v) is 74.2. The first-order valence-electron chi connectivity index (χ1n) is 38.4. The van der Waals surface area contributed by atoms with E-state index in [1.54, 1.807) is 0 Å². The van der Waals surface area contributed by atoms with Gasteiger partial charge in [-0.25, -0.2) is 0 Å². The molecule has 0 aliphatic rings. The summed E-state index contributed by atoms with van der Waals surface area (Å²) < 4.78 is 2.57. The Kier molecular flexibility index (Phi) is 41.5. The highest BCUT2D eigenvalue weighted by atomic mass is 32.1. The maximum atomic E-state index is 12.0. The van der Waals surface area contributed by atoms with Crippen molar-refractivity contribution < 1.29 is 0 Å². The van der Waals surface area contributed by atoms with Crippen LogP contribution in [0.15, 0.2) is 24.0 Å². The van der Waals surface area contributed by atoms with Crippen LogP contribution in [0, 0.1) is 22.6 Å². The third-order valence-corrected chi connectivity index (χ3v) is 21.1. The van der Waals surface area contributed by atoms with Crippen LogP contribution in [0.4, 0.5) is 28.4 Å². The van der Waals surface area contributed by atoms with Crippen LogP contribution in [0.25, 0.3) is 0 Å². The Balaban J connectivity index is 0.000000638. The molecule has 0 aliphatic heterocycles. The minimum absolute atomic E-state index is 0.0648. The van der Waals surface area contributed by atoms with E-state index in [1.165, 1.54) is 38.8 Å². The van der Waals surface area contributed by atoms with Crippen LogP contribution in [-0.4, -0.2) is 192 Å². The molecule has 0 saturated carbocycles. The lowest BCUT2D eigenvalue weighted by molar-refractivity contribution is 0.272. The summed E-state index contributed by atoms with van der Waals surface area (Å²) in [6, 6.07) is 0. The molecule has 20 heteroatoms. The maximum absolute atomic E-state index is 12.0. The van der Waals surface area contributed by atoms with Gasteiger partial charge in [-0.3, -0.25) is 24.0 Å². The van der Waals surface area contributed by atoms with Gasteiger partial charge in [-0.15, -0.1) is 0 Å². The Labute approximate surface area is 646 Å².